The number of rotatable bonds is 1. The number of benzene rings is 1. The molecule has 1 aliphatic heterocycles. The van der Waals surface area contributed by atoms with Gasteiger partial charge in [0, 0.05) is 35.6 Å². The van der Waals surface area contributed by atoms with Crippen LogP contribution in [0.2, 0.25) is 0 Å². The molecule has 1 aromatic heterocycles. The summed E-state index contributed by atoms with van der Waals surface area (Å²) in [6.07, 6.45) is 2.96. The van der Waals surface area contributed by atoms with E-state index >= 15 is 0 Å². The van der Waals surface area contributed by atoms with Gasteiger partial charge in [0.25, 0.3) is 5.69 Å². The van der Waals surface area contributed by atoms with Crippen molar-refractivity contribution in [3.8, 4) is 11.3 Å². The lowest BCUT2D eigenvalue weighted by atomic mass is 9.93. The third kappa shape index (κ3) is 1.37. The van der Waals surface area contributed by atoms with Crippen molar-refractivity contribution in [2.45, 2.75) is 19.9 Å². The molecule has 1 aliphatic rings. The maximum atomic E-state index is 11.0. The largest absolute Gasteiger partial charge is 0.347 e. The standard InChI is InChI=1S/C13H12N2O2/c1-9-11(15(16)17)5-4-10-6-8-14-7-2-3-12(14)13(9)10/h2-5,7H,6,8H2,1H3. The van der Waals surface area contributed by atoms with E-state index in [1.807, 2.05) is 31.3 Å². The van der Waals surface area contributed by atoms with E-state index in [1.165, 1.54) is 5.56 Å². The van der Waals surface area contributed by atoms with Crippen molar-refractivity contribution in [1.82, 2.24) is 4.57 Å². The van der Waals surface area contributed by atoms with Gasteiger partial charge in [0.2, 0.25) is 0 Å². The van der Waals surface area contributed by atoms with E-state index in [0.29, 0.717) is 0 Å². The fraction of sp³-hybridized carbons (Fsp3) is 0.231. The van der Waals surface area contributed by atoms with Crippen LogP contribution in [0.3, 0.4) is 0 Å². The maximum absolute atomic E-state index is 11.0. The molecule has 0 N–H and O–H groups in total. The molecule has 2 aromatic rings. The second kappa shape index (κ2) is 3.45. The molecule has 0 spiro atoms. The molecule has 2 heterocycles. The highest BCUT2D eigenvalue weighted by molar-refractivity contribution is 5.73. The number of aromatic nitrogens is 1. The molecule has 86 valence electrons. The molecule has 0 amide bonds. The summed E-state index contributed by atoms with van der Waals surface area (Å²) in [6, 6.07) is 7.52. The van der Waals surface area contributed by atoms with Crippen LogP contribution < -0.4 is 0 Å². The van der Waals surface area contributed by atoms with Crippen LogP contribution in [0.5, 0.6) is 0 Å². The number of hydrogen-bond donors (Lipinski definition) is 0. The van der Waals surface area contributed by atoms with Gasteiger partial charge in [-0.1, -0.05) is 6.07 Å². The van der Waals surface area contributed by atoms with Gasteiger partial charge in [-0.05, 0) is 31.0 Å². The number of aryl methyl sites for hydroxylation is 2. The number of hydrogen-bond acceptors (Lipinski definition) is 2. The van der Waals surface area contributed by atoms with Crippen molar-refractivity contribution < 1.29 is 4.92 Å². The summed E-state index contributed by atoms with van der Waals surface area (Å²) in [5, 5.41) is 11.0. The van der Waals surface area contributed by atoms with E-state index in [-0.39, 0.29) is 10.6 Å². The van der Waals surface area contributed by atoms with Crippen LogP contribution in [0.15, 0.2) is 30.5 Å². The van der Waals surface area contributed by atoms with Crippen LogP contribution in [-0.2, 0) is 13.0 Å². The van der Waals surface area contributed by atoms with Gasteiger partial charge < -0.3 is 4.57 Å². The van der Waals surface area contributed by atoms with Crippen LogP contribution in [0.4, 0.5) is 5.69 Å². The summed E-state index contributed by atoms with van der Waals surface area (Å²) in [7, 11) is 0. The Bertz CT molecular complexity index is 614. The molecule has 0 fully saturated rings. The Labute approximate surface area is 98.6 Å². The van der Waals surface area contributed by atoms with E-state index in [9.17, 15) is 10.1 Å². The van der Waals surface area contributed by atoms with Crippen molar-refractivity contribution in [2.24, 2.45) is 0 Å². The smallest absolute Gasteiger partial charge is 0.272 e. The highest BCUT2D eigenvalue weighted by Gasteiger charge is 2.22. The Balaban J connectivity index is 2.31. The van der Waals surface area contributed by atoms with Crippen molar-refractivity contribution in [3.05, 3.63) is 51.7 Å². The molecular formula is C13H12N2O2. The third-order valence-electron chi connectivity index (χ3n) is 3.43. The zero-order valence-electron chi connectivity index (χ0n) is 9.51. The van der Waals surface area contributed by atoms with E-state index < -0.39 is 0 Å². The Morgan fingerprint density at radius 2 is 2.18 bits per heavy atom. The van der Waals surface area contributed by atoms with Crippen LogP contribution in [0.25, 0.3) is 11.3 Å². The zero-order chi connectivity index (χ0) is 12.0. The molecule has 0 saturated heterocycles. The normalized spacial score (nSPS) is 13.0. The second-order valence-corrected chi connectivity index (χ2v) is 4.34. The van der Waals surface area contributed by atoms with E-state index in [4.69, 9.17) is 0 Å². The number of nitro groups is 1. The fourth-order valence-electron chi connectivity index (χ4n) is 2.60. The van der Waals surface area contributed by atoms with Crippen molar-refractivity contribution in [1.29, 1.82) is 0 Å². The van der Waals surface area contributed by atoms with Crippen LogP contribution >= 0.6 is 0 Å². The van der Waals surface area contributed by atoms with E-state index in [1.54, 1.807) is 6.07 Å². The molecule has 0 unspecified atom stereocenters. The van der Waals surface area contributed by atoms with E-state index in [0.717, 1.165) is 29.8 Å². The summed E-state index contributed by atoms with van der Waals surface area (Å²) in [4.78, 5) is 10.6. The number of nitro benzene ring substituents is 1. The van der Waals surface area contributed by atoms with Crippen LogP contribution in [0.1, 0.15) is 11.1 Å². The van der Waals surface area contributed by atoms with Gasteiger partial charge in [0.1, 0.15) is 0 Å². The Morgan fingerprint density at radius 1 is 1.35 bits per heavy atom. The van der Waals surface area contributed by atoms with Gasteiger partial charge in [-0.2, -0.15) is 0 Å². The first-order chi connectivity index (χ1) is 8.18. The number of nitrogens with zero attached hydrogens (tertiary/aromatic N) is 2. The van der Waals surface area contributed by atoms with E-state index in [2.05, 4.69) is 4.57 Å². The lowest BCUT2D eigenvalue weighted by molar-refractivity contribution is -0.385. The van der Waals surface area contributed by atoms with Crippen molar-refractivity contribution >= 4 is 5.69 Å². The summed E-state index contributed by atoms with van der Waals surface area (Å²) in [5.74, 6) is 0. The zero-order valence-corrected chi connectivity index (χ0v) is 9.51. The van der Waals surface area contributed by atoms with Gasteiger partial charge >= 0.3 is 0 Å². The Morgan fingerprint density at radius 3 is 2.94 bits per heavy atom. The maximum Gasteiger partial charge on any atom is 0.272 e. The molecule has 1 aromatic carbocycles. The predicted octanol–water partition coefficient (Wildman–Crippen LogP) is 2.93. The molecule has 0 bridgehead atoms. The Hall–Kier alpha value is -2.10. The minimum Gasteiger partial charge on any atom is -0.347 e. The molecule has 4 nitrogen and oxygen atoms in total. The molecule has 4 heteroatoms. The molecular weight excluding hydrogens is 216 g/mol. The quantitative estimate of drug-likeness (QED) is 0.556. The van der Waals surface area contributed by atoms with Gasteiger partial charge in [0.15, 0.2) is 0 Å². The first kappa shape index (κ1) is 10.1. The third-order valence-corrected chi connectivity index (χ3v) is 3.43. The van der Waals surface area contributed by atoms with Crippen LogP contribution in [-0.4, -0.2) is 9.49 Å². The number of fused-ring (bicyclic) bond motifs is 3. The molecule has 3 rings (SSSR count). The van der Waals surface area contributed by atoms with Crippen molar-refractivity contribution in [2.75, 3.05) is 0 Å². The van der Waals surface area contributed by atoms with Gasteiger partial charge in [-0.15, -0.1) is 0 Å². The topological polar surface area (TPSA) is 48.1 Å². The molecule has 0 aliphatic carbocycles. The van der Waals surface area contributed by atoms with Gasteiger partial charge in [-0.25, -0.2) is 0 Å². The summed E-state index contributed by atoms with van der Waals surface area (Å²) < 4.78 is 2.15. The summed E-state index contributed by atoms with van der Waals surface area (Å²) in [5.41, 5.74) is 4.31. The summed E-state index contributed by atoms with van der Waals surface area (Å²) in [6.45, 7) is 2.78. The predicted molar refractivity (Wildman–Crippen MR) is 65.0 cm³/mol. The van der Waals surface area contributed by atoms with Crippen LogP contribution in [0, 0.1) is 17.0 Å². The monoisotopic (exact) mass is 228 g/mol. The molecule has 0 atom stereocenters. The summed E-state index contributed by atoms with van der Waals surface area (Å²) >= 11 is 0. The first-order valence-corrected chi connectivity index (χ1v) is 5.61. The highest BCUT2D eigenvalue weighted by Crippen LogP contribution is 2.36. The SMILES string of the molecule is Cc1c([N+](=O)[O-])ccc2c1-c1cccn1CC2. The van der Waals surface area contributed by atoms with Gasteiger partial charge in [0.05, 0.1) is 4.92 Å². The fourth-order valence-corrected chi connectivity index (χ4v) is 2.60. The molecule has 0 saturated carbocycles. The Kier molecular flexibility index (Phi) is 2.04. The lowest BCUT2D eigenvalue weighted by Gasteiger charge is -2.21. The van der Waals surface area contributed by atoms with Crippen molar-refractivity contribution in [3.63, 3.8) is 0 Å². The minimum absolute atomic E-state index is 0.207. The second-order valence-electron chi connectivity index (χ2n) is 4.34. The highest BCUT2D eigenvalue weighted by atomic mass is 16.6. The average molecular weight is 228 g/mol. The molecule has 0 radical (unpaired) electrons. The van der Waals surface area contributed by atoms with Gasteiger partial charge in [-0.3, -0.25) is 10.1 Å². The first-order valence-electron chi connectivity index (χ1n) is 5.61. The minimum atomic E-state index is -0.308. The average Bonchev–Trinajstić information content (AvgIpc) is 2.76. The lowest BCUT2D eigenvalue weighted by Crippen LogP contribution is -2.11. The molecule has 17 heavy (non-hydrogen) atoms.